The Kier molecular flexibility index (Phi) is 9.15. The van der Waals surface area contributed by atoms with Crippen LogP contribution in [0.2, 0.25) is 0 Å². The first-order valence-electron chi connectivity index (χ1n) is 14.2. The lowest BCUT2D eigenvalue weighted by Gasteiger charge is -2.25. The number of nitrogens with zero attached hydrogens (tertiary/aromatic N) is 2. The molecule has 0 fully saturated rings. The van der Waals surface area contributed by atoms with Crippen molar-refractivity contribution >= 4 is 29.4 Å². The van der Waals surface area contributed by atoms with Crippen LogP contribution in [0.4, 0.5) is 0 Å². The smallest absolute Gasteiger partial charge is 0.338 e. The van der Waals surface area contributed by atoms with E-state index < -0.39 is 18.0 Å². The molecular weight excluding hydrogens is 584 g/mol. The van der Waals surface area contributed by atoms with Gasteiger partial charge in [0.25, 0.3) is 5.56 Å². The van der Waals surface area contributed by atoms with Gasteiger partial charge in [-0.15, -0.1) is 0 Å². The molecule has 10 nitrogen and oxygen atoms in total. The highest BCUT2D eigenvalue weighted by molar-refractivity contribution is 7.07. The summed E-state index contributed by atoms with van der Waals surface area (Å²) in [5, 5.41) is 0. The average molecular weight is 617 g/mol. The van der Waals surface area contributed by atoms with Crippen molar-refractivity contribution < 1.29 is 33.0 Å². The molecule has 2 aromatic heterocycles. The molecule has 0 amide bonds. The third-order valence-corrected chi connectivity index (χ3v) is 7.88. The van der Waals surface area contributed by atoms with Crippen molar-refractivity contribution in [2.45, 2.75) is 33.7 Å². The van der Waals surface area contributed by atoms with E-state index in [1.807, 2.05) is 6.92 Å². The summed E-state index contributed by atoms with van der Waals surface area (Å²) in [6, 6.07) is 15.0. The average Bonchev–Trinajstić information content (AvgIpc) is 3.61. The summed E-state index contributed by atoms with van der Waals surface area (Å²) in [6.45, 7) is 7.95. The van der Waals surface area contributed by atoms with E-state index in [0.717, 1.165) is 5.56 Å². The first-order chi connectivity index (χ1) is 21.3. The quantitative estimate of drug-likeness (QED) is 0.237. The second kappa shape index (κ2) is 13.2. The lowest BCUT2D eigenvalue weighted by molar-refractivity contribution is -0.139. The molecule has 0 aliphatic carbocycles. The van der Waals surface area contributed by atoms with Crippen molar-refractivity contribution in [1.82, 2.24) is 4.57 Å². The van der Waals surface area contributed by atoms with E-state index in [0.29, 0.717) is 62.4 Å². The first kappa shape index (κ1) is 30.6. The molecule has 0 saturated carbocycles. The standard InChI is InChI=1S/C33H32N2O8S/c1-6-40-26-17-22(13-15-25(26)39-5)29-28(32(38)42-8-3)19(4)34-33-35(29)30(36)27(44-33)18-23-14-16-24(43-23)20-9-11-21(12-10-20)31(37)41-7-2/h9-18,29H,6-8H2,1-5H3/b27-18-/t29-/m0/s1. The fraction of sp³-hybridized carbons (Fsp3) is 0.273. The molecule has 0 saturated heterocycles. The molecular formula is C33H32N2O8S. The first-order valence-corrected chi connectivity index (χ1v) is 15.0. The predicted molar refractivity (Wildman–Crippen MR) is 165 cm³/mol. The monoisotopic (exact) mass is 616 g/mol. The molecule has 44 heavy (non-hydrogen) atoms. The summed E-state index contributed by atoms with van der Waals surface area (Å²) in [4.78, 5) is 44.2. The Morgan fingerprint density at radius 1 is 0.955 bits per heavy atom. The Morgan fingerprint density at radius 3 is 2.36 bits per heavy atom. The number of rotatable bonds is 10. The van der Waals surface area contributed by atoms with E-state index in [2.05, 4.69) is 4.99 Å². The molecule has 4 aromatic rings. The number of ether oxygens (including phenoxy) is 4. The molecule has 0 radical (unpaired) electrons. The molecule has 2 aromatic carbocycles. The predicted octanol–water partition coefficient (Wildman–Crippen LogP) is 4.64. The molecule has 0 spiro atoms. The van der Waals surface area contributed by atoms with Gasteiger partial charge in [-0.25, -0.2) is 14.6 Å². The second-order valence-electron chi connectivity index (χ2n) is 9.65. The van der Waals surface area contributed by atoms with Crippen LogP contribution in [0.15, 0.2) is 80.1 Å². The summed E-state index contributed by atoms with van der Waals surface area (Å²) in [5.41, 5.74) is 2.25. The largest absolute Gasteiger partial charge is 0.493 e. The fourth-order valence-electron chi connectivity index (χ4n) is 4.94. The molecule has 0 unspecified atom stereocenters. The minimum absolute atomic E-state index is 0.173. The third-order valence-electron chi connectivity index (χ3n) is 6.90. The van der Waals surface area contributed by atoms with Crippen LogP contribution >= 0.6 is 11.3 Å². The number of aromatic nitrogens is 1. The van der Waals surface area contributed by atoms with Gasteiger partial charge in [0.2, 0.25) is 0 Å². The van der Waals surface area contributed by atoms with Gasteiger partial charge in [-0.2, -0.15) is 0 Å². The molecule has 0 bridgehead atoms. The van der Waals surface area contributed by atoms with Crippen molar-refractivity contribution in [2.24, 2.45) is 4.99 Å². The molecule has 3 heterocycles. The molecule has 1 aliphatic heterocycles. The normalized spacial score (nSPS) is 14.6. The van der Waals surface area contributed by atoms with Gasteiger partial charge in [-0.1, -0.05) is 29.5 Å². The highest BCUT2D eigenvalue weighted by Gasteiger charge is 2.34. The molecule has 0 N–H and O–H groups in total. The van der Waals surface area contributed by atoms with Crippen LogP contribution in [-0.2, 0) is 14.3 Å². The van der Waals surface area contributed by atoms with Crippen molar-refractivity contribution in [3.63, 3.8) is 0 Å². The van der Waals surface area contributed by atoms with Crippen LogP contribution in [0.3, 0.4) is 0 Å². The molecule has 11 heteroatoms. The number of methoxy groups -OCH3 is 1. The summed E-state index contributed by atoms with van der Waals surface area (Å²) in [5.74, 6) is 1.11. The second-order valence-corrected chi connectivity index (χ2v) is 10.7. The summed E-state index contributed by atoms with van der Waals surface area (Å²) >= 11 is 1.20. The van der Waals surface area contributed by atoms with Gasteiger partial charge in [-0.05, 0) is 69.7 Å². The van der Waals surface area contributed by atoms with Gasteiger partial charge >= 0.3 is 11.9 Å². The van der Waals surface area contributed by atoms with E-state index in [4.69, 9.17) is 23.4 Å². The number of hydrogen-bond donors (Lipinski definition) is 0. The summed E-state index contributed by atoms with van der Waals surface area (Å²) in [7, 11) is 1.55. The van der Waals surface area contributed by atoms with Gasteiger partial charge in [0.1, 0.15) is 11.5 Å². The van der Waals surface area contributed by atoms with Gasteiger partial charge in [0.05, 0.1) is 54.3 Å². The van der Waals surface area contributed by atoms with E-state index in [1.54, 1.807) is 88.6 Å². The van der Waals surface area contributed by atoms with Crippen LogP contribution in [0, 0.1) is 0 Å². The van der Waals surface area contributed by atoms with Crippen LogP contribution < -0.4 is 24.4 Å². The van der Waals surface area contributed by atoms with E-state index in [9.17, 15) is 14.4 Å². The summed E-state index contributed by atoms with van der Waals surface area (Å²) < 4.78 is 29.6. The molecule has 1 atom stereocenters. The number of benzene rings is 2. The number of carbonyl (C=O) groups is 2. The zero-order valence-corrected chi connectivity index (χ0v) is 25.9. The molecule has 1 aliphatic rings. The van der Waals surface area contributed by atoms with Gasteiger partial charge in [0.15, 0.2) is 16.3 Å². The fourth-order valence-corrected chi connectivity index (χ4v) is 5.97. The Morgan fingerprint density at radius 2 is 1.68 bits per heavy atom. The number of thiazole rings is 1. The van der Waals surface area contributed by atoms with Crippen molar-refractivity contribution in [3.05, 3.63) is 102 Å². The maximum Gasteiger partial charge on any atom is 0.338 e. The number of esters is 2. The SMILES string of the molecule is CCOC(=O)C1=C(C)N=c2s/c(=C\c3ccc(-c4ccc(C(=O)OCC)cc4)o3)c(=O)n2[C@H]1c1ccc(OC)c(OCC)c1. The number of allylic oxidation sites excluding steroid dienone is 1. The van der Waals surface area contributed by atoms with E-state index in [-0.39, 0.29) is 17.7 Å². The van der Waals surface area contributed by atoms with Gasteiger partial charge in [0, 0.05) is 11.6 Å². The Labute approximate surface area is 257 Å². The van der Waals surface area contributed by atoms with Crippen molar-refractivity contribution in [2.75, 3.05) is 26.9 Å². The Balaban J connectivity index is 1.57. The van der Waals surface area contributed by atoms with Crippen molar-refractivity contribution in [3.8, 4) is 22.8 Å². The highest BCUT2D eigenvalue weighted by atomic mass is 32.1. The molecule has 228 valence electrons. The maximum atomic E-state index is 14.0. The lowest BCUT2D eigenvalue weighted by atomic mass is 9.95. The zero-order chi connectivity index (χ0) is 31.4. The third kappa shape index (κ3) is 5.96. The number of furan rings is 1. The maximum absolute atomic E-state index is 14.0. The number of fused-ring (bicyclic) bond motifs is 1. The summed E-state index contributed by atoms with van der Waals surface area (Å²) in [6.07, 6.45) is 1.65. The minimum Gasteiger partial charge on any atom is -0.493 e. The van der Waals surface area contributed by atoms with E-state index in [1.165, 1.54) is 15.9 Å². The lowest BCUT2D eigenvalue weighted by Crippen LogP contribution is -2.39. The van der Waals surface area contributed by atoms with Crippen LogP contribution in [0.5, 0.6) is 11.5 Å². The number of hydrogen-bond acceptors (Lipinski definition) is 10. The van der Waals surface area contributed by atoms with Crippen LogP contribution in [0.25, 0.3) is 17.4 Å². The van der Waals surface area contributed by atoms with Gasteiger partial charge < -0.3 is 23.4 Å². The highest BCUT2D eigenvalue weighted by Crippen LogP contribution is 2.36. The minimum atomic E-state index is -0.803. The van der Waals surface area contributed by atoms with Crippen molar-refractivity contribution in [1.29, 1.82) is 0 Å². The number of carbonyl (C=O) groups excluding carboxylic acids is 2. The van der Waals surface area contributed by atoms with Crippen LogP contribution in [0.1, 0.15) is 55.4 Å². The van der Waals surface area contributed by atoms with E-state index >= 15 is 0 Å². The van der Waals surface area contributed by atoms with Gasteiger partial charge in [-0.3, -0.25) is 9.36 Å². The topological polar surface area (TPSA) is 119 Å². The van der Waals surface area contributed by atoms with Crippen LogP contribution in [-0.4, -0.2) is 43.4 Å². The Hall–Kier alpha value is -4.90. The Bertz CT molecular complexity index is 1910. The molecule has 5 rings (SSSR count). The zero-order valence-electron chi connectivity index (χ0n) is 25.0.